The Balaban J connectivity index is 1.61. The number of amides is 3. The molecule has 3 rings (SSSR count). The van der Waals surface area contributed by atoms with E-state index in [0.717, 1.165) is 16.8 Å². The predicted molar refractivity (Wildman–Crippen MR) is 105 cm³/mol. The lowest BCUT2D eigenvalue weighted by molar-refractivity contribution is -0.125. The van der Waals surface area contributed by atoms with Crippen LogP contribution in [0.25, 0.3) is 0 Å². The van der Waals surface area contributed by atoms with Crippen molar-refractivity contribution in [3.8, 4) is 5.75 Å². The molecule has 6 nitrogen and oxygen atoms in total. The van der Waals surface area contributed by atoms with Crippen molar-refractivity contribution in [2.75, 3.05) is 18.5 Å². The first-order chi connectivity index (χ1) is 13.1. The van der Waals surface area contributed by atoms with E-state index in [1.165, 1.54) is 4.90 Å². The topological polar surface area (TPSA) is 70.7 Å². The number of rotatable bonds is 8. The Bertz CT molecular complexity index is 853. The first kappa shape index (κ1) is 18.8. The third-order valence-corrected chi connectivity index (χ3v) is 4.35. The lowest BCUT2D eigenvalue weighted by atomic mass is 10.1. The number of anilines is 1. The molecule has 1 aliphatic rings. The molecule has 0 radical (unpaired) electrons. The molecule has 3 amide bonds. The molecule has 1 saturated heterocycles. The van der Waals surface area contributed by atoms with Gasteiger partial charge in [-0.2, -0.15) is 0 Å². The minimum absolute atomic E-state index is 0.0596. The number of benzene rings is 2. The SMILES string of the molecule is C=CCOc1ccc(CNc2cccc(CN3C(=O)CNC3=O)c2)cc1Cl. The fourth-order valence-corrected chi connectivity index (χ4v) is 2.96. The minimum atomic E-state index is -0.355. The van der Waals surface area contributed by atoms with E-state index in [9.17, 15) is 9.59 Å². The van der Waals surface area contributed by atoms with Crippen LogP contribution in [0.3, 0.4) is 0 Å². The maximum absolute atomic E-state index is 11.7. The number of nitrogens with one attached hydrogen (secondary N) is 2. The average molecular weight is 386 g/mol. The van der Waals surface area contributed by atoms with Gasteiger partial charge in [-0.05, 0) is 35.4 Å². The van der Waals surface area contributed by atoms with Crippen LogP contribution in [0, 0.1) is 0 Å². The number of halogens is 1. The molecule has 0 unspecified atom stereocenters. The smallest absolute Gasteiger partial charge is 0.324 e. The Labute approximate surface area is 162 Å². The van der Waals surface area contributed by atoms with Crippen LogP contribution in [0.15, 0.2) is 55.1 Å². The van der Waals surface area contributed by atoms with E-state index in [-0.39, 0.29) is 25.0 Å². The highest BCUT2D eigenvalue weighted by atomic mass is 35.5. The van der Waals surface area contributed by atoms with Gasteiger partial charge in [0, 0.05) is 12.2 Å². The highest BCUT2D eigenvalue weighted by molar-refractivity contribution is 6.32. The molecule has 1 fully saturated rings. The van der Waals surface area contributed by atoms with Crippen molar-refractivity contribution >= 4 is 29.2 Å². The van der Waals surface area contributed by atoms with Gasteiger partial charge in [-0.3, -0.25) is 9.69 Å². The van der Waals surface area contributed by atoms with E-state index in [0.29, 0.717) is 23.9 Å². The van der Waals surface area contributed by atoms with Crippen LogP contribution in [0.2, 0.25) is 5.02 Å². The molecule has 0 saturated carbocycles. The molecule has 2 aromatic carbocycles. The Morgan fingerprint density at radius 3 is 2.78 bits per heavy atom. The summed E-state index contributed by atoms with van der Waals surface area (Å²) in [6, 6.07) is 12.9. The van der Waals surface area contributed by atoms with Gasteiger partial charge in [-0.15, -0.1) is 0 Å². The highest BCUT2D eigenvalue weighted by Crippen LogP contribution is 2.26. The van der Waals surface area contributed by atoms with Crippen LogP contribution in [0.5, 0.6) is 5.75 Å². The van der Waals surface area contributed by atoms with Gasteiger partial charge in [0.2, 0.25) is 5.91 Å². The van der Waals surface area contributed by atoms with Crippen molar-refractivity contribution in [1.29, 1.82) is 0 Å². The standard InChI is InChI=1S/C20H20ClN3O3/c1-2-8-27-18-7-6-14(10-17(18)21)11-22-16-5-3-4-15(9-16)13-24-19(25)12-23-20(24)26/h2-7,9-10,22H,1,8,11-13H2,(H,23,26). The molecule has 1 heterocycles. The molecule has 2 N–H and O–H groups in total. The largest absolute Gasteiger partial charge is 0.488 e. The molecule has 1 aliphatic heterocycles. The van der Waals surface area contributed by atoms with Gasteiger partial charge in [-0.25, -0.2) is 4.79 Å². The van der Waals surface area contributed by atoms with E-state index in [2.05, 4.69) is 17.2 Å². The number of carbonyl (C=O) groups excluding carboxylic acids is 2. The Morgan fingerprint density at radius 1 is 1.22 bits per heavy atom. The summed E-state index contributed by atoms with van der Waals surface area (Å²) in [4.78, 5) is 24.6. The van der Waals surface area contributed by atoms with E-state index in [1.54, 1.807) is 6.08 Å². The maximum atomic E-state index is 11.7. The van der Waals surface area contributed by atoms with E-state index >= 15 is 0 Å². The van der Waals surface area contributed by atoms with Crippen molar-refractivity contribution in [2.45, 2.75) is 13.1 Å². The van der Waals surface area contributed by atoms with Crippen molar-refractivity contribution in [2.24, 2.45) is 0 Å². The van der Waals surface area contributed by atoms with Crippen LogP contribution in [-0.4, -0.2) is 30.0 Å². The summed E-state index contributed by atoms with van der Waals surface area (Å²) in [5.41, 5.74) is 2.77. The van der Waals surface area contributed by atoms with Gasteiger partial charge in [0.05, 0.1) is 18.1 Å². The first-order valence-electron chi connectivity index (χ1n) is 8.50. The zero-order valence-electron chi connectivity index (χ0n) is 14.7. The van der Waals surface area contributed by atoms with E-state index < -0.39 is 0 Å². The second-order valence-electron chi connectivity index (χ2n) is 6.06. The Kier molecular flexibility index (Phi) is 5.98. The maximum Gasteiger partial charge on any atom is 0.324 e. The molecule has 0 spiro atoms. The molecular weight excluding hydrogens is 366 g/mol. The number of nitrogens with zero attached hydrogens (tertiary/aromatic N) is 1. The predicted octanol–water partition coefficient (Wildman–Crippen LogP) is 3.57. The zero-order valence-corrected chi connectivity index (χ0v) is 15.5. The van der Waals surface area contributed by atoms with E-state index in [4.69, 9.17) is 16.3 Å². The second-order valence-corrected chi connectivity index (χ2v) is 6.46. The van der Waals surface area contributed by atoms with E-state index in [1.807, 2.05) is 42.5 Å². The number of imide groups is 1. The Morgan fingerprint density at radius 2 is 2.07 bits per heavy atom. The normalized spacial score (nSPS) is 13.4. The summed E-state index contributed by atoms with van der Waals surface area (Å²) < 4.78 is 5.46. The average Bonchev–Trinajstić information content (AvgIpc) is 2.98. The number of urea groups is 1. The zero-order chi connectivity index (χ0) is 19.2. The van der Waals surface area contributed by atoms with Crippen molar-refractivity contribution in [3.05, 3.63) is 71.3 Å². The van der Waals surface area contributed by atoms with Crippen LogP contribution in [-0.2, 0) is 17.9 Å². The van der Waals surface area contributed by atoms with Crippen LogP contribution in [0.4, 0.5) is 10.5 Å². The fraction of sp³-hybridized carbons (Fsp3) is 0.200. The number of hydrogen-bond acceptors (Lipinski definition) is 4. The van der Waals surface area contributed by atoms with Crippen molar-refractivity contribution < 1.29 is 14.3 Å². The molecule has 0 atom stereocenters. The van der Waals surface area contributed by atoms with Crippen LogP contribution < -0.4 is 15.4 Å². The molecule has 140 valence electrons. The van der Waals surface area contributed by atoms with Crippen LogP contribution >= 0.6 is 11.6 Å². The summed E-state index contributed by atoms with van der Waals surface area (Å²) in [5.74, 6) is 0.405. The summed E-state index contributed by atoms with van der Waals surface area (Å²) >= 11 is 6.23. The molecule has 7 heteroatoms. The summed E-state index contributed by atoms with van der Waals surface area (Å²) in [6.07, 6.45) is 1.66. The molecule has 0 bridgehead atoms. The summed E-state index contributed by atoms with van der Waals surface area (Å²) in [7, 11) is 0. The monoisotopic (exact) mass is 385 g/mol. The fourth-order valence-electron chi connectivity index (χ4n) is 2.70. The molecular formula is C20H20ClN3O3. The van der Waals surface area contributed by atoms with Crippen LogP contribution in [0.1, 0.15) is 11.1 Å². The minimum Gasteiger partial charge on any atom is -0.488 e. The first-order valence-corrected chi connectivity index (χ1v) is 8.88. The summed E-state index contributed by atoms with van der Waals surface area (Å²) in [6.45, 7) is 4.90. The molecule has 27 heavy (non-hydrogen) atoms. The second kappa shape index (κ2) is 8.60. The number of carbonyl (C=O) groups is 2. The van der Waals surface area contributed by atoms with Gasteiger partial charge < -0.3 is 15.4 Å². The number of ether oxygens (including phenoxy) is 1. The van der Waals surface area contributed by atoms with Gasteiger partial charge in [0.1, 0.15) is 12.4 Å². The lowest BCUT2D eigenvalue weighted by Gasteiger charge is -2.14. The van der Waals surface area contributed by atoms with Gasteiger partial charge >= 0.3 is 6.03 Å². The highest BCUT2D eigenvalue weighted by Gasteiger charge is 2.28. The number of hydrogen-bond donors (Lipinski definition) is 2. The van der Waals surface area contributed by atoms with Crippen molar-refractivity contribution in [1.82, 2.24) is 10.2 Å². The quantitative estimate of drug-likeness (QED) is 0.538. The van der Waals surface area contributed by atoms with Crippen molar-refractivity contribution in [3.63, 3.8) is 0 Å². The molecule has 0 aromatic heterocycles. The summed E-state index contributed by atoms with van der Waals surface area (Å²) in [5, 5.41) is 6.38. The Hall–Kier alpha value is -2.99. The van der Waals surface area contributed by atoms with Gasteiger partial charge in [0.15, 0.2) is 0 Å². The van der Waals surface area contributed by atoms with Gasteiger partial charge in [0.25, 0.3) is 0 Å². The molecule has 2 aromatic rings. The third-order valence-electron chi connectivity index (χ3n) is 4.05. The lowest BCUT2D eigenvalue weighted by Crippen LogP contribution is -2.30. The third kappa shape index (κ3) is 4.80. The van der Waals surface area contributed by atoms with Gasteiger partial charge in [-0.1, -0.05) is 42.5 Å². The molecule has 0 aliphatic carbocycles.